The number of benzene rings is 3. The van der Waals surface area contributed by atoms with E-state index in [9.17, 15) is 28.1 Å². The summed E-state index contributed by atoms with van der Waals surface area (Å²) in [4.78, 5) is 51.8. The third kappa shape index (κ3) is 12.0. The number of fused-ring (bicyclic) bond motifs is 1. The Labute approximate surface area is 402 Å². The molecule has 0 radical (unpaired) electrons. The summed E-state index contributed by atoms with van der Waals surface area (Å²) in [6.45, 7) is 14.9. The number of anilines is 2. The highest BCUT2D eigenvalue weighted by molar-refractivity contribution is 7.90. The number of ether oxygens (including phenoxy) is 2. The standard InChI is InChI=1S/C50H61ClN8O8S/c1-49(2,3)67-48(61)58(37-11-12-37)22-6-20-52-43-16-14-40(29-44(43)59(62)63)68(64,65)55-47(60)41-15-13-38(28-45(41)66-39-27-34-18-21-53-46(34)54-31-39)57-25-23-56(24-26-57)32-35-17-19-50(4,5)30-42(35)33-7-9-36(51)10-8-33/h7-10,13-16,18,21,27-29,31,35,37,42,52H,6,11-12,17,19-20,22-26,30,32H2,1-5H3,(H,53,54)(H,55,60). The summed E-state index contributed by atoms with van der Waals surface area (Å²) < 4.78 is 41.6. The highest BCUT2D eigenvalue weighted by atomic mass is 35.5. The number of carbonyl (C=O) groups is 2. The van der Waals surface area contributed by atoms with Gasteiger partial charge < -0.3 is 29.6 Å². The number of piperazine rings is 1. The van der Waals surface area contributed by atoms with Crippen molar-refractivity contribution in [3.8, 4) is 11.5 Å². The first-order valence-corrected chi connectivity index (χ1v) is 25.2. The largest absolute Gasteiger partial charge is 0.455 e. The topological polar surface area (TPSA) is 192 Å². The molecule has 2 aliphatic carbocycles. The average Bonchev–Trinajstić information content (AvgIpc) is 4.01. The third-order valence-electron chi connectivity index (χ3n) is 13.1. The zero-order valence-corrected chi connectivity index (χ0v) is 40.9. The van der Waals surface area contributed by atoms with E-state index < -0.39 is 43.1 Å². The number of hydrogen-bond donors (Lipinski definition) is 3. The zero-order valence-electron chi connectivity index (χ0n) is 39.3. The van der Waals surface area contributed by atoms with E-state index in [1.807, 2.05) is 18.2 Å². The molecule has 2 unspecified atom stereocenters. The number of rotatable bonds is 16. The smallest absolute Gasteiger partial charge is 0.410 e. The highest BCUT2D eigenvalue weighted by Crippen LogP contribution is 2.47. The molecule has 18 heteroatoms. The molecule has 68 heavy (non-hydrogen) atoms. The van der Waals surface area contributed by atoms with E-state index in [1.54, 1.807) is 50.1 Å². The Morgan fingerprint density at radius 1 is 1.00 bits per heavy atom. The first-order chi connectivity index (χ1) is 32.3. The number of nitrogens with zero attached hydrogens (tertiary/aromatic N) is 5. The molecule has 2 atom stereocenters. The van der Waals surface area contributed by atoms with Gasteiger partial charge in [0.15, 0.2) is 0 Å². The fraction of sp³-hybridized carbons (Fsp3) is 0.460. The molecule has 16 nitrogen and oxygen atoms in total. The van der Waals surface area contributed by atoms with Crippen molar-refractivity contribution < 1.29 is 32.4 Å². The minimum Gasteiger partial charge on any atom is -0.455 e. The number of aromatic nitrogens is 2. The summed E-state index contributed by atoms with van der Waals surface area (Å²) >= 11 is 6.26. The quantitative estimate of drug-likeness (QED) is 0.0482. The molecule has 3 N–H and O–H groups in total. The van der Waals surface area contributed by atoms with Crippen LogP contribution in [-0.4, -0.2) is 103 Å². The number of nitrogens with one attached hydrogen (secondary N) is 3. The summed E-state index contributed by atoms with van der Waals surface area (Å²) in [6, 6.07) is 20.5. The van der Waals surface area contributed by atoms with Crippen LogP contribution in [-0.2, 0) is 14.8 Å². The molecule has 0 bridgehead atoms. The number of sulfonamides is 1. The number of aromatic amines is 1. The van der Waals surface area contributed by atoms with Crippen LogP contribution < -0.4 is 19.7 Å². The van der Waals surface area contributed by atoms with E-state index in [1.165, 1.54) is 36.4 Å². The molecule has 5 aromatic rings. The summed E-state index contributed by atoms with van der Waals surface area (Å²) in [6.07, 6.45) is 8.57. The minimum atomic E-state index is -4.62. The first-order valence-electron chi connectivity index (χ1n) is 23.4. The van der Waals surface area contributed by atoms with Crippen molar-refractivity contribution in [2.75, 3.05) is 56.0 Å². The second-order valence-electron chi connectivity index (χ2n) is 20.0. The number of nitro benzene ring substituents is 1. The Morgan fingerprint density at radius 3 is 2.46 bits per heavy atom. The average molecular weight is 970 g/mol. The zero-order chi connectivity index (χ0) is 48.4. The van der Waals surface area contributed by atoms with E-state index in [0.717, 1.165) is 80.6 Å². The second kappa shape index (κ2) is 20.0. The molecule has 2 amide bonds. The van der Waals surface area contributed by atoms with E-state index in [-0.39, 0.29) is 35.0 Å². The lowest BCUT2D eigenvalue weighted by Crippen LogP contribution is -2.49. The van der Waals surface area contributed by atoms with Gasteiger partial charge in [0.2, 0.25) is 0 Å². The van der Waals surface area contributed by atoms with Crippen molar-refractivity contribution in [1.29, 1.82) is 0 Å². The van der Waals surface area contributed by atoms with Crippen molar-refractivity contribution in [3.05, 3.63) is 111 Å². The molecule has 3 heterocycles. The van der Waals surface area contributed by atoms with Gasteiger partial charge in [0.1, 0.15) is 28.4 Å². The lowest BCUT2D eigenvalue weighted by Gasteiger charge is -2.44. The normalized spacial score (nSPS) is 18.8. The molecule has 0 spiro atoms. The van der Waals surface area contributed by atoms with Gasteiger partial charge in [0.25, 0.3) is 21.6 Å². The number of H-pyrrole nitrogens is 1. The number of carbonyl (C=O) groups excluding carboxylic acids is 2. The molecule has 2 aromatic heterocycles. The summed E-state index contributed by atoms with van der Waals surface area (Å²) in [5, 5.41) is 16.8. The molecule has 3 aliphatic rings. The van der Waals surface area contributed by atoms with Crippen LogP contribution in [0.15, 0.2) is 90.1 Å². The summed E-state index contributed by atoms with van der Waals surface area (Å²) in [5.41, 5.74) is 1.97. The molecular formula is C50H61ClN8O8S. The van der Waals surface area contributed by atoms with Crippen molar-refractivity contribution in [2.24, 2.45) is 11.3 Å². The molecule has 1 aliphatic heterocycles. The van der Waals surface area contributed by atoms with Crippen LogP contribution in [0.4, 0.5) is 21.9 Å². The molecule has 1 saturated heterocycles. The fourth-order valence-corrected chi connectivity index (χ4v) is 10.5. The van der Waals surface area contributed by atoms with Crippen molar-refractivity contribution in [2.45, 2.75) is 95.6 Å². The Kier molecular flexibility index (Phi) is 14.3. The van der Waals surface area contributed by atoms with E-state index >= 15 is 0 Å². The SMILES string of the molecule is CC1(C)CCC(CN2CCN(c3ccc(C(=O)NS(=O)(=O)c4ccc(NCCCN(C(=O)OC(C)(C)C)C5CC5)c([N+](=O)[O-])c4)c(Oc4cnc5[nH]ccc5c4)c3)CC2)C(c2ccc(Cl)cc2)C1. The lowest BCUT2D eigenvalue weighted by molar-refractivity contribution is -0.384. The summed E-state index contributed by atoms with van der Waals surface area (Å²) in [7, 11) is -4.62. The van der Waals surface area contributed by atoms with Gasteiger partial charge in [-0.3, -0.25) is 19.8 Å². The van der Waals surface area contributed by atoms with Gasteiger partial charge in [0, 0.05) is 86.3 Å². The van der Waals surface area contributed by atoms with Gasteiger partial charge in [-0.25, -0.2) is 22.9 Å². The predicted octanol–water partition coefficient (Wildman–Crippen LogP) is 9.97. The third-order valence-corrected chi connectivity index (χ3v) is 14.7. The number of amides is 2. The van der Waals surface area contributed by atoms with Gasteiger partial charge in [-0.1, -0.05) is 37.6 Å². The van der Waals surface area contributed by atoms with Crippen LogP contribution in [0.5, 0.6) is 11.5 Å². The van der Waals surface area contributed by atoms with Gasteiger partial charge in [0.05, 0.1) is 21.6 Å². The van der Waals surface area contributed by atoms with Crippen molar-refractivity contribution in [3.63, 3.8) is 0 Å². The van der Waals surface area contributed by atoms with E-state index in [0.29, 0.717) is 36.2 Å². The Balaban J connectivity index is 0.951. The van der Waals surface area contributed by atoms with Gasteiger partial charge in [-0.2, -0.15) is 0 Å². The maximum absolute atomic E-state index is 14.0. The molecule has 3 aromatic carbocycles. The van der Waals surface area contributed by atoms with Crippen LogP contribution in [0.3, 0.4) is 0 Å². The lowest BCUT2D eigenvalue weighted by atomic mass is 9.65. The van der Waals surface area contributed by atoms with Crippen molar-refractivity contribution in [1.82, 2.24) is 24.5 Å². The van der Waals surface area contributed by atoms with Crippen LogP contribution >= 0.6 is 11.6 Å². The predicted molar refractivity (Wildman–Crippen MR) is 263 cm³/mol. The fourth-order valence-electron chi connectivity index (χ4n) is 9.38. The molecule has 362 valence electrons. The number of halogens is 1. The van der Waals surface area contributed by atoms with E-state index in [4.69, 9.17) is 21.1 Å². The molecule has 8 rings (SSSR count). The Morgan fingerprint density at radius 2 is 1.75 bits per heavy atom. The van der Waals surface area contributed by atoms with Crippen LogP contribution in [0.1, 0.15) is 95.0 Å². The minimum absolute atomic E-state index is 0.0574. The number of nitro groups is 1. The Bertz CT molecular complexity index is 2750. The second-order valence-corrected chi connectivity index (χ2v) is 22.2. The molecule has 3 fully saturated rings. The van der Waals surface area contributed by atoms with Crippen LogP contribution in [0.25, 0.3) is 11.0 Å². The molecule has 2 saturated carbocycles. The highest BCUT2D eigenvalue weighted by Gasteiger charge is 2.38. The van der Waals surface area contributed by atoms with Gasteiger partial charge >= 0.3 is 6.09 Å². The molecular weight excluding hydrogens is 908 g/mol. The van der Waals surface area contributed by atoms with Crippen LogP contribution in [0.2, 0.25) is 5.02 Å². The van der Waals surface area contributed by atoms with Gasteiger partial charge in [-0.15, -0.1) is 0 Å². The van der Waals surface area contributed by atoms with Crippen molar-refractivity contribution >= 4 is 61.7 Å². The van der Waals surface area contributed by atoms with Gasteiger partial charge in [-0.05, 0) is 131 Å². The summed E-state index contributed by atoms with van der Waals surface area (Å²) in [5.74, 6) is 0.435. The number of pyridine rings is 1. The van der Waals surface area contributed by atoms with E-state index in [2.05, 4.69) is 55.8 Å². The maximum Gasteiger partial charge on any atom is 0.410 e. The monoisotopic (exact) mass is 968 g/mol. The van der Waals surface area contributed by atoms with Crippen LogP contribution in [0, 0.1) is 21.4 Å². The maximum atomic E-state index is 14.0. The first kappa shape index (κ1) is 48.5. The number of hydrogen-bond acceptors (Lipinski definition) is 12. The Hall–Kier alpha value is -5.91.